The number of guanidine groups is 1. The first-order valence-electron chi connectivity index (χ1n) is 36.3. The fourth-order valence-electron chi connectivity index (χ4n) is 13.1. The first-order chi connectivity index (χ1) is 50.5. The second-order valence-corrected chi connectivity index (χ2v) is 29.9. The second-order valence-electron chi connectivity index (χ2n) is 27.4. The van der Waals surface area contributed by atoms with Gasteiger partial charge < -0.3 is 106 Å². The lowest BCUT2D eigenvalue weighted by Crippen LogP contribution is -2.62. The molecule has 0 aromatic heterocycles. The molecule has 0 radical (unpaired) electrons. The van der Waals surface area contributed by atoms with Gasteiger partial charge in [0.05, 0.1) is 25.7 Å². The molecule has 0 unspecified atom stereocenters. The number of aliphatic imine (C=N–C) groups is 1. The van der Waals surface area contributed by atoms with Crippen LogP contribution in [0.2, 0.25) is 0 Å². The molecule has 16 atom stereocenters. The van der Waals surface area contributed by atoms with Crippen LogP contribution in [0.3, 0.4) is 0 Å². The largest absolute Gasteiger partial charge is 0.481 e. The summed E-state index contributed by atoms with van der Waals surface area (Å²) in [4.78, 5) is 226. The molecule has 0 saturated carbocycles. The number of carbonyl (C=O) groups is 15. The third-order valence-electron chi connectivity index (χ3n) is 19.5. The van der Waals surface area contributed by atoms with Crippen molar-refractivity contribution in [1.29, 1.82) is 0 Å². The average molecular weight is 1530 g/mol. The summed E-state index contributed by atoms with van der Waals surface area (Å²) in [5, 5.41) is 60.3. The normalized spacial score (nSPS) is 28.4. The van der Waals surface area contributed by atoms with Gasteiger partial charge in [0.15, 0.2) is 5.96 Å². The fraction of sp³-hybridized carbons (Fsp3) is 0.676. The predicted molar refractivity (Wildman–Crippen MR) is 389 cm³/mol. The standard InChI is InChI=1S/C68H106N18O18S2/c1-6-36(3)52-63(100)80-45-34-105-106-35-46(79-56(93)40(21-14-26-72-68(70)71)74-50(89)32-73-55(92)42(31-51(90)91)76-61(98)47-22-15-27-84(47)65(102)43(77-59(45)96)30-39-18-10-8-11-19-39)60(97)83-54(38(5)88)64(101)75-41(20-12-9-13-25-69)57(94)78-44(33-87)58(95)82-53(37(4)7-2)67(104)86-29-17-24-49(86)66(103)85-28-16-23-48(85)62(99)81-52/h8,10-11,18-19,36-38,40-49,52-54,87-88H,6-7,9,12-17,20-35,69H2,1-5H3,(H,73,92)(H,74,89)(H,75,101)(H,76,98)(H,77,96)(H,78,94)(H,79,93)(H,80,100)(H,81,99)(H,82,95)(H,83,97)(H,90,91)(H4,70,71,72)/t36-,37-,38+,40-,41-,42-,43-,44-,45-,46-,47+,48-,49-,52-,53-,54-/m0/s1. The SMILES string of the molecule is CC[C@H](C)[C@@H]1NC(=O)[C@@H]2CCCN2C(=O)[C@@H]2CCCN2C(=O)[C@H]([C@@H](C)CC)NC(=O)[C@H](CO)NC(=O)[C@H](CCCCCN)NC(=O)[C@H]([C@@H](C)O)NC(=O)[C@@H]2CSSC[C@H](NC1=O)C(=O)N[C@@H](Cc1ccccc1)C(=O)N1CCC[C@@H]1C(=O)N[C@@H](CC(=O)O)C(=O)NCC(=O)N[C@@H](CCCN=C(N)N)C(=O)N2. The number of nitrogens with zero attached hydrogens (tertiary/aromatic N) is 4. The molecule has 5 fully saturated rings. The Bertz CT molecular complexity index is 3320. The number of nitrogens with one attached hydrogen (secondary N) is 11. The number of aliphatic hydroxyl groups excluding tert-OH is 2. The van der Waals surface area contributed by atoms with E-state index in [9.17, 15) is 72.9 Å². The number of hydrogen-bond acceptors (Lipinski definition) is 21. The first-order valence-corrected chi connectivity index (χ1v) is 38.8. The smallest absolute Gasteiger partial charge is 0.305 e. The molecule has 106 heavy (non-hydrogen) atoms. The molecule has 20 N–H and O–H groups in total. The van der Waals surface area contributed by atoms with Crippen LogP contribution in [0.1, 0.15) is 136 Å². The number of carboxylic acid groups (broad SMARTS) is 1. The molecule has 36 nitrogen and oxygen atoms in total. The number of rotatable bonds is 19. The van der Waals surface area contributed by atoms with Gasteiger partial charge in [0, 0.05) is 44.1 Å². The lowest BCUT2D eigenvalue weighted by atomic mass is 9.96. The van der Waals surface area contributed by atoms with Gasteiger partial charge in [-0.15, -0.1) is 0 Å². The van der Waals surface area contributed by atoms with Crippen LogP contribution >= 0.6 is 21.6 Å². The van der Waals surface area contributed by atoms with Gasteiger partial charge in [-0.25, -0.2) is 0 Å². The predicted octanol–water partition coefficient (Wildman–Crippen LogP) is -4.91. The number of aliphatic hydroxyl groups is 2. The van der Waals surface area contributed by atoms with Crippen LogP contribution < -0.4 is 75.7 Å². The van der Waals surface area contributed by atoms with Crippen molar-refractivity contribution in [3.63, 3.8) is 0 Å². The maximum absolute atomic E-state index is 15.3. The lowest BCUT2D eigenvalue weighted by molar-refractivity contribution is -0.149. The number of aliphatic carboxylic acids is 1. The Labute approximate surface area is 623 Å². The maximum atomic E-state index is 15.3. The number of hydrogen-bond donors (Lipinski definition) is 17. The Hall–Kier alpha value is -8.88. The quantitative estimate of drug-likeness (QED) is 0.0267. The third kappa shape index (κ3) is 24.9. The summed E-state index contributed by atoms with van der Waals surface area (Å²) in [5.74, 6) is -17.2. The minimum absolute atomic E-state index is 0.00841. The van der Waals surface area contributed by atoms with E-state index < -0.39 is 216 Å². The third-order valence-corrected chi connectivity index (χ3v) is 21.9. The van der Waals surface area contributed by atoms with Gasteiger partial charge in [0.2, 0.25) is 82.7 Å². The van der Waals surface area contributed by atoms with Crippen molar-refractivity contribution in [2.24, 2.45) is 34.0 Å². The van der Waals surface area contributed by atoms with E-state index in [1.165, 1.54) is 14.7 Å². The first kappa shape index (κ1) is 86.0. The molecule has 6 rings (SSSR count). The van der Waals surface area contributed by atoms with E-state index in [0.717, 1.165) is 28.5 Å². The minimum Gasteiger partial charge on any atom is -0.481 e. The van der Waals surface area contributed by atoms with E-state index in [0.29, 0.717) is 37.7 Å². The van der Waals surface area contributed by atoms with E-state index in [-0.39, 0.29) is 103 Å². The van der Waals surface area contributed by atoms with Crippen molar-refractivity contribution in [2.45, 2.75) is 222 Å². The van der Waals surface area contributed by atoms with Crippen LogP contribution in [-0.2, 0) is 78.3 Å². The molecular weight excluding hydrogens is 1420 g/mol. The van der Waals surface area contributed by atoms with Gasteiger partial charge in [-0.05, 0) is 95.1 Å². The number of amides is 14. The highest BCUT2D eigenvalue weighted by atomic mass is 33.1. The number of fused-ring (bicyclic) bond motifs is 8. The van der Waals surface area contributed by atoms with E-state index >= 15 is 14.4 Å². The van der Waals surface area contributed by atoms with Gasteiger partial charge in [0.25, 0.3) is 0 Å². The number of nitrogens with two attached hydrogens (primary N) is 3. The molecule has 1 aromatic carbocycles. The number of carboxylic acids is 1. The van der Waals surface area contributed by atoms with Crippen LogP contribution in [0.4, 0.5) is 0 Å². The topological polar surface area (TPSA) is 549 Å². The van der Waals surface area contributed by atoms with Crippen molar-refractivity contribution in [3.8, 4) is 0 Å². The molecule has 14 amide bonds. The van der Waals surface area contributed by atoms with Crippen LogP contribution in [0, 0.1) is 11.8 Å². The van der Waals surface area contributed by atoms with Gasteiger partial charge in [-0.3, -0.25) is 76.9 Å². The minimum atomic E-state index is -1.94. The molecule has 38 heteroatoms. The molecular formula is C68H106N18O18S2. The molecule has 5 heterocycles. The number of benzene rings is 1. The van der Waals surface area contributed by atoms with Crippen LogP contribution in [0.15, 0.2) is 35.3 Å². The van der Waals surface area contributed by atoms with Crippen LogP contribution in [-0.4, -0.2) is 267 Å². The van der Waals surface area contributed by atoms with Gasteiger partial charge in [-0.2, -0.15) is 0 Å². The van der Waals surface area contributed by atoms with Crippen molar-refractivity contribution in [2.75, 3.05) is 57.4 Å². The summed E-state index contributed by atoms with van der Waals surface area (Å²) in [7, 11) is 1.70. The monoisotopic (exact) mass is 1530 g/mol. The summed E-state index contributed by atoms with van der Waals surface area (Å²) in [5.41, 5.74) is 17.4. The number of carbonyl (C=O) groups excluding carboxylic acids is 14. The summed E-state index contributed by atoms with van der Waals surface area (Å²) in [6.45, 7) is 6.37. The fourth-order valence-corrected chi connectivity index (χ4v) is 15.4. The average Bonchev–Trinajstić information content (AvgIpc) is 1.63. The second kappa shape index (κ2) is 42.5. The molecule has 5 aliphatic rings. The summed E-state index contributed by atoms with van der Waals surface area (Å²) in [6.07, 6.45) is -0.291. The zero-order valence-corrected chi connectivity index (χ0v) is 62.2. The van der Waals surface area contributed by atoms with E-state index in [2.05, 4.69) is 63.5 Å². The van der Waals surface area contributed by atoms with E-state index in [4.69, 9.17) is 17.2 Å². The summed E-state index contributed by atoms with van der Waals surface area (Å²) in [6, 6.07) is -11.5. The van der Waals surface area contributed by atoms with E-state index in [1.807, 2.05) is 0 Å². The van der Waals surface area contributed by atoms with Crippen molar-refractivity contribution in [3.05, 3.63) is 35.9 Å². The molecule has 5 aliphatic heterocycles. The van der Waals surface area contributed by atoms with E-state index in [1.54, 1.807) is 58.0 Å². The van der Waals surface area contributed by atoms with Gasteiger partial charge in [-0.1, -0.05) is 105 Å². The zero-order chi connectivity index (χ0) is 77.9. The van der Waals surface area contributed by atoms with Gasteiger partial charge in [0.1, 0.15) is 78.5 Å². The Kier molecular flexibility index (Phi) is 34.5. The highest BCUT2D eigenvalue weighted by molar-refractivity contribution is 8.76. The molecule has 2 bridgehead atoms. The van der Waals surface area contributed by atoms with Crippen molar-refractivity contribution >= 4 is 116 Å². The Morgan fingerprint density at radius 3 is 1.59 bits per heavy atom. The lowest BCUT2D eigenvalue weighted by Gasteiger charge is -2.35. The molecule has 0 aliphatic carbocycles. The Balaban J connectivity index is 1.51. The van der Waals surface area contributed by atoms with Crippen LogP contribution in [0.5, 0.6) is 0 Å². The molecule has 588 valence electrons. The molecule has 5 saturated heterocycles. The maximum Gasteiger partial charge on any atom is 0.305 e. The van der Waals surface area contributed by atoms with Crippen LogP contribution in [0.25, 0.3) is 0 Å². The Morgan fingerprint density at radius 2 is 1.01 bits per heavy atom. The summed E-state index contributed by atoms with van der Waals surface area (Å²) >= 11 is 0. The zero-order valence-electron chi connectivity index (χ0n) is 60.6. The van der Waals surface area contributed by atoms with Crippen molar-refractivity contribution < 1.29 is 87.2 Å². The highest BCUT2D eigenvalue weighted by Crippen LogP contribution is 2.29. The number of unbranched alkanes of at least 4 members (excludes halogenated alkanes) is 2. The molecule has 1 aromatic rings. The summed E-state index contributed by atoms with van der Waals surface area (Å²) < 4.78 is 0. The highest BCUT2D eigenvalue weighted by Gasteiger charge is 2.47. The molecule has 0 spiro atoms. The van der Waals surface area contributed by atoms with Gasteiger partial charge >= 0.3 is 5.97 Å². The Morgan fingerprint density at radius 1 is 0.528 bits per heavy atom. The van der Waals surface area contributed by atoms with Crippen molar-refractivity contribution in [1.82, 2.24) is 73.2 Å².